The van der Waals surface area contributed by atoms with Crippen molar-refractivity contribution >= 4 is 11.9 Å². The molecule has 18 heavy (non-hydrogen) atoms. The van der Waals surface area contributed by atoms with E-state index >= 15 is 0 Å². The van der Waals surface area contributed by atoms with Gasteiger partial charge in [-0.3, -0.25) is 9.59 Å². The molecule has 0 aromatic rings. The van der Waals surface area contributed by atoms with Crippen LogP contribution in [0, 0.1) is 5.92 Å². The average Bonchev–Trinajstić information content (AvgIpc) is 2.39. The number of hydrogen-bond acceptors (Lipinski definition) is 3. The summed E-state index contributed by atoms with van der Waals surface area (Å²) in [6.45, 7) is 3.95. The highest BCUT2D eigenvalue weighted by Gasteiger charge is 2.26. The molecule has 4 nitrogen and oxygen atoms in total. The van der Waals surface area contributed by atoms with Crippen LogP contribution in [-0.4, -0.2) is 24.5 Å². The molecule has 0 bridgehead atoms. The fourth-order valence-corrected chi connectivity index (χ4v) is 2.05. The predicted molar refractivity (Wildman–Crippen MR) is 69.8 cm³/mol. The normalized spacial score (nSPS) is 16.6. The number of amides is 1. The Morgan fingerprint density at radius 1 is 1.22 bits per heavy atom. The molecule has 1 saturated carbocycles. The number of hydrogen-bond donors (Lipinski definition) is 1. The smallest absolute Gasteiger partial charge is 0.323 e. The maximum atomic E-state index is 11.8. The summed E-state index contributed by atoms with van der Waals surface area (Å²) < 4.78 is 5.02. The van der Waals surface area contributed by atoms with Gasteiger partial charge in [0, 0.05) is 6.04 Å². The standard InChI is InChI=1S/C14H24NO3/c1-3-4-10-18-14(17)11(2)13(16)15-12-8-6-5-7-9-12/h12H,3-10H2,1-2H3,(H,15,16). The second kappa shape index (κ2) is 8.11. The summed E-state index contributed by atoms with van der Waals surface area (Å²) in [4.78, 5) is 23.4. The van der Waals surface area contributed by atoms with Gasteiger partial charge in [0.25, 0.3) is 0 Å². The minimum absolute atomic E-state index is 0.164. The Morgan fingerprint density at radius 2 is 1.89 bits per heavy atom. The Hall–Kier alpha value is -1.06. The molecule has 0 aliphatic heterocycles. The molecule has 0 aromatic carbocycles. The zero-order chi connectivity index (χ0) is 13.4. The van der Waals surface area contributed by atoms with Crippen molar-refractivity contribution in [1.82, 2.24) is 5.32 Å². The number of esters is 1. The summed E-state index contributed by atoms with van der Waals surface area (Å²) in [5, 5.41) is 2.91. The first-order valence-corrected chi connectivity index (χ1v) is 6.96. The molecular weight excluding hydrogens is 230 g/mol. The van der Waals surface area contributed by atoms with Gasteiger partial charge in [-0.2, -0.15) is 0 Å². The Morgan fingerprint density at radius 3 is 2.50 bits per heavy atom. The largest absolute Gasteiger partial charge is 0.465 e. The van der Waals surface area contributed by atoms with Gasteiger partial charge in [0.15, 0.2) is 5.92 Å². The third-order valence-electron chi connectivity index (χ3n) is 3.32. The van der Waals surface area contributed by atoms with Crippen LogP contribution in [0.3, 0.4) is 0 Å². The Kier molecular flexibility index (Phi) is 6.76. The molecule has 0 unspecified atom stereocenters. The average molecular weight is 254 g/mol. The number of nitrogens with one attached hydrogen (secondary N) is 1. The van der Waals surface area contributed by atoms with Gasteiger partial charge in [0.2, 0.25) is 5.91 Å². The van der Waals surface area contributed by atoms with Crippen molar-refractivity contribution in [2.24, 2.45) is 0 Å². The zero-order valence-electron chi connectivity index (χ0n) is 11.5. The lowest BCUT2D eigenvalue weighted by Gasteiger charge is -2.23. The van der Waals surface area contributed by atoms with Gasteiger partial charge in [-0.1, -0.05) is 32.6 Å². The fourth-order valence-electron chi connectivity index (χ4n) is 2.05. The molecule has 0 saturated heterocycles. The molecule has 1 radical (unpaired) electrons. The summed E-state index contributed by atoms with van der Waals surface area (Å²) >= 11 is 0. The highest BCUT2D eigenvalue weighted by Crippen LogP contribution is 2.18. The molecule has 0 aromatic heterocycles. The van der Waals surface area contributed by atoms with Gasteiger partial charge in [-0.25, -0.2) is 0 Å². The minimum Gasteiger partial charge on any atom is -0.465 e. The van der Waals surface area contributed by atoms with E-state index in [1.165, 1.54) is 13.3 Å². The van der Waals surface area contributed by atoms with E-state index in [0.717, 1.165) is 38.5 Å². The van der Waals surface area contributed by atoms with Gasteiger partial charge in [0.1, 0.15) is 0 Å². The molecule has 0 heterocycles. The fraction of sp³-hybridized carbons (Fsp3) is 0.786. The number of carbonyl (C=O) groups excluding carboxylic acids is 2. The monoisotopic (exact) mass is 254 g/mol. The van der Waals surface area contributed by atoms with Crippen LogP contribution in [0.5, 0.6) is 0 Å². The lowest BCUT2D eigenvalue weighted by atomic mass is 9.95. The topological polar surface area (TPSA) is 55.4 Å². The van der Waals surface area contributed by atoms with Crippen LogP contribution in [0.25, 0.3) is 0 Å². The molecule has 1 N–H and O–H groups in total. The molecule has 103 valence electrons. The van der Waals surface area contributed by atoms with Crippen LogP contribution in [0.1, 0.15) is 58.8 Å². The maximum Gasteiger partial charge on any atom is 0.323 e. The van der Waals surface area contributed by atoms with Crippen molar-refractivity contribution in [2.75, 3.05) is 6.61 Å². The molecule has 1 aliphatic rings. The number of carbonyl (C=O) groups is 2. The molecule has 1 fully saturated rings. The SMILES string of the molecule is CCCCOC(=O)[C](C)C(=O)NC1CCCCC1. The summed E-state index contributed by atoms with van der Waals surface area (Å²) in [5.74, 6) is -0.600. The van der Waals surface area contributed by atoms with Crippen molar-refractivity contribution < 1.29 is 14.3 Å². The number of rotatable bonds is 6. The van der Waals surface area contributed by atoms with Crippen molar-refractivity contribution in [3.8, 4) is 0 Å². The van der Waals surface area contributed by atoms with E-state index in [4.69, 9.17) is 4.74 Å². The lowest BCUT2D eigenvalue weighted by molar-refractivity contribution is -0.143. The second-order valence-corrected chi connectivity index (χ2v) is 4.92. The molecule has 0 atom stereocenters. The van der Waals surface area contributed by atoms with E-state index in [2.05, 4.69) is 5.32 Å². The van der Waals surface area contributed by atoms with E-state index in [1.807, 2.05) is 6.92 Å². The molecule has 1 aliphatic carbocycles. The number of ether oxygens (including phenoxy) is 1. The van der Waals surface area contributed by atoms with E-state index < -0.39 is 5.97 Å². The van der Waals surface area contributed by atoms with E-state index in [0.29, 0.717) is 6.61 Å². The van der Waals surface area contributed by atoms with Crippen molar-refractivity contribution in [1.29, 1.82) is 0 Å². The third kappa shape index (κ3) is 5.07. The van der Waals surface area contributed by atoms with Gasteiger partial charge < -0.3 is 10.1 Å². The highest BCUT2D eigenvalue weighted by atomic mass is 16.5. The van der Waals surface area contributed by atoms with Crippen molar-refractivity contribution in [2.45, 2.75) is 64.8 Å². The van der Waals surface area contributed by atoms with Crippen LogP contribution >= 0.6 is 0 Å². The van der Waals surface area contributed by atoms with Crippen LogP contribution in [0.2, 0.25) is 0 Å². The van der Waals surface area contributed by atoms with Crippen LogP contribution in [0.15, 0.2) is 0 Å². The molecular formula is C14H24NO3. The first-order valence-electron chi connectivity index (χ1n) is 6.96. The lowest BCUT2D eigenvalue weighted by Crippen LogP contribution is -2.41. The highest BCUT2D eigenvalue weighted by molar-refractivity contribution is 6.11. The van der Waals surface area contributed by atoms with Crippen LogP contribution < -0.4 is 5.32 Å². The van der Waals surface area contributed by atoms with Crippen LogP contribution in [0.4, 0.5) is 0 Å². The van der Waals surface area contributed by atoms with E-state index in [-0.39, 0.29) is 17.9 Å². The Bertz CT molecular complexity index is 272. The molecule has 1 rings (SSSR count). The second-order valence-electron chi connectivity index (χ2n) is 4.92. The van der Waals surface area contributed by atoms with Gasteiger partial charge in [0.05, 0.1) is 6.61 Å². The zero-order valence-corrected chi connectivity index (χ0v) is 11.5. The van der Waals surface area contributed by atoms with E-state index in [1.54, 1.807) is 0 Å². The van der Waals surface area contributed by atoms with Gasteiger partial charge in [-0.15, -0.1) is 0 Å². The van der Waals surface area contributed by atoms with Gasteiger partial charge >= 0.3 is 5.97 Å². The summed E-state index contributed by atoms with van der Waals surface area (Å²) in [7, 11) is 0. The first kappa shape index (κ1) is 15.0. The summed E-state index contributed by atoms with van der Waals surface area (Å²) in [6, 6.07) is 0.227. The Balaban J connectivity index is 2.28. The minimum atomic E-state index is -0.489. The molecule has 4 heteroatoms. The Labute approximate surface area is 109 Å². The van der Waals surface area contributed by atoms with Crippen molar-refractivity contribution in [3.05, 3.63) is 5.92 Å². The summed E-state index contributed by atoms with van der Waals surface area (Å²) in [6.07, 6.45) is 7.40. The molecule has 1 amide bonds. The number of unbranched alkanes of at least 4 members (excludes halogenated alkanes) is 1. The first-order chi connectivity index (χ1) is 8.65. The molecule has 0 spiro atoms. The van der Waals surface area contributed by atoms with Crippen LogP contribution in [-0.2, 0) is 14.3 Å². The van der Waals surface area contributed by atoms with Gasteiger partial charge in [-0.05, 0) is 26.2 Å². The maximum absolute atomic E-state index is 11.8. The third-order valence-corrected chi connectivity index (χ3v) is 3.32. The van der Waals surface area contributed by atoms with Crippen molar-refractivity contribution in [3.63, 3.8) is 0 Å². The predicted octanol–water partition coefficient (Wildman–Crippen LogP) is 2.37. The van der Waals surface area contributed by atoms with E-state index in [9.17, 15) is 9.59 Å². The quantitative estimate of drug-likeness (QED) is 0.450. The summed E-state index contributed by atoms with van der Waals surface area (Å²) in [5.41, 5.74) is 0.